The van der Waals surface area contributed by atoms with Gasteiger partial charge in [-0.3, -0.25) is 0 Å². The molecule has 1 aromatic rings. The molecule has 0 saturated heterocycles. The van der Waals surface area contributed by atoms with E-state index in [4.69, 9.17) is 19.9 Å². The molecule has 1 aromatic carbocycles. The molecule has 0 amide bonds. The zero-order chi connectivity index (χ0) is 11.5. The summed E-state index contributed by atoms with van der Waals surface area (Å²) in [7, 11) is 3.22. The van der Waals surface area contributed by atoms with Crippen LogP contribution in [-0.4, -0.2) is 26.8 Å². The van der Waals surface area contributed by atoms with Crippen molar-refractivity contribution in [3.05, 3.63) is 23.8 Å². The van der Waals surface area contributed by atoms with Gasteiger partial charge in [0.25, 0.3) is 6.02 Å². The molecule has 0 spiro atoms. The van der Waals surface area contributed by atoms with Gasteiger partial charge in [-0.25, -0.2) is 4.99 Å². The third kappa shape index (κ3) is 2.03. The standard InChI is InChI=1S/C11H14N2O3/c1-14-8-3-7(4-9(5-8)15-2)10-6-13-11(12)16-10/h3-5,10H,6H2,1-2H3,(H2,12,13). The Hall–Kier alpha value is -1.91. The number of amidine groups is 1. The van der Waals surface area contributed by atoms with Crippen LogP contribution in [0.15, 0.2) is 23.2 Å². The number of methoxy groups -OCH3 is 2. The zero-order valence-electron chi connectivity index (χ0n) is 9.27. The minimum Gasteiger partial charge on any atom is -0.497 e. The maximum atomic E-state index is 5.47. The van der Waals surface area contributed by atoms with Gasteiger partial charge in [-0.2, -0.15) is 0 Å². The molecule has 0 saturated carbocycles. The molecule has 0 fully saturated rings. The van der Waals surface area contributed by atoms with Gasteiger partial charge in [0.05, 0.1) is 20.8 Å². The summed E-state index contributed by atoms with van der Waals surface area (Å²) in [5.74, 6) is 1.45. The molecule has 5 nitrogen and oxygen atoms in total. The molecule has 1 unspecified atom stereocenters. The fourth-order valence-electron chi connectivity index (χ4n) is 1.58. The monoisotopic (exact) mass is 222 g/mol. The molecule has 1 heterocycles. The van der Waals surface area contributed by atoms with Crippen LogP contribution in [0.4, 0.5) is 0 Å². The molecule has 0 aliphatic carbocycles. The largest absolute Gasteiger partial charge is 0.497 e. The highest BCUT2D eigenvalue weighted by Gasteiger charge is 2.21. The second kappa shape index (κ2) is 4.30. The summed E-state index contributed by atoms with van der Waals surface area (Å²) >= 11 is 0. The van der Waals surface area contributed by atoms with E-state index in [1.54, 1.807) is 14.2 Å². The van der Waals surface area contributed by atoms with Crippen LogP contribution < -0.4 is 15.2 Å². The summed E-state index contributed by atoms with van der Waals surface area (Å²) in [4.78, 5) is 4.00. The molecule has 16 heavy (non-hydrogen) atoms. The van der Waals surface area contributed by atoms with E-state index in [1.807, 2.05) is 18.2 Å². The summed E-state index contributed by atoms with van der Waals surface area (Å²) in [6.45, 7) is 0.530. The fraction of sp³-hybridized carbons (Fsp3) is 0.364. The Bertz CT molecular complexity index is 395. The lowest BCUT2D eigenvalue weighted by Gasteiger charge is -2.13. The molecule has 1 atom stereocenters. The topological polar surface area (TPSA) is 66.1 Å². The average Bonchev–Trinajstić information content (AvgIpc) is 2.75. The Morgan fingerprint density at radius 1 is 1.25 bits per heavy atom. The van der Waals surface area contributed by atoms with E-state index in [0.29, 0.717) is 6.54 Å². The molecule has 5 heteroatoms. The third-order valence-electron chi connectivity index (χ3n) is 2.42. The first-order chi connectivity index (χ1) is 7.72. The van der Waals surface area contributed by atoms with Crippen molar-refractivity contribution in [3.63, 3.8) is 0 Å². The van der Waals surface area contributed by atoms with Crippen LogP contribution in [0.25, 0.3) is 0 Å². The first-order valence-corrected chi connectivity index (χ1v) is 4.92. The second-order valence-electron chi connectivity index (χ2n) is 3.43. The smallest absolute Gasteiger partial charge is 0.282 e. The molecule has 2 N–H and O–H groups in total. The number of hydrogen-bond donors (Lipinski definition) is 1. The SMILES string of the molecule is COc1cc(OC)cc(C2CN=C(N)O2)c1. The van der Waals surface area contributed by atoms with Crippen molar-refractivity contribution in [2.45, 2.75) is 6.10 Å². The lowest BCUT2D eigenvalue weighted by molar-refractivity contribution is 0.225. The predicted octanol–water partition coefficient (Wildman–Crippen LogP) is 1.09. The minimum absolute atomic E-state index is 0.149. The van der Waals surface area contributed by atoms with Crippen LogP contribution in [0, 0.1) is 0 Å². The summed E-state index contributed by atoms with van der Waals surface area (Å²) in [5, 5.41) is 0. The van der Waals surface area contributed by atoms with Gasteiger partial charge >= 0.3 is 0 Å². The van der Waals surface area contributed by atoms with Crippen LogP contribution >= 0.6 is 0 Å². The Morgan fingerprint density at radius 2 is 1.88 bits per heavy atom. The predicted molar refractivity (Wildman–Crippen MR) is 59.9 cm³/mol. The van der Waals surface area contributed by atoms with Crippen molar-refractivity contribution < 1.29 is 14.2 Å². The van der Waals surface area contributed by atoms with Gasteiger partial charge < -0.3 is 19.9 Å². The Labute approximate surface area is 93.8 Å². The highest BCUT2D eigenvalue weighted by molar-refractivity contribution is 5.73. The zero-order valence-corrected chi connectivity index (χ0v) is 9.27. The number of rotatable bonds is 3. The minimum atomic E-state index is -0.149. The van der Waals surface area contributed by atoms with Gasteiger partial charge in [-0.15, -0.1) is 0 Å². The number of aliphatic imine (C=N–C) groups is 1. The lowest BCUT2D eigenvalue weighted by atomic mass is 10.1. The van der Waals surface area contributed by atoms with Crippen molar-refractivity contribution in [3.8, 4) is 11.5 Å². The van der Waals surface area contributed by atoms with Gasteiger partial charge in [0.2, 0.25) is 0 Å². The van der Waals surface area contributed by atoms with Gasteiger partial charge in [0, 0.05) is 11.6 Å². The van der Waals surface area contributed by atoms with Crippen molar-refractivity contribution in [2.24, 2.45) is 10.7 Å². The van der Waals surface area contributed by atoms with Gasteiger partial charge in [-0.05, 0) is 12.1 Å². The molecule has 86 valence electrons. The van der Waals surface area contributed by atoms with Crippen molar-refractivity contribution in [1.29, 1.82) is 0 Å². The number of benzene rings is 1. The molecule has 2 rings (SSSR count). The normalized spacial score (nSPS) is 18.9. The first-order valence-electron chi connectivity index (χ1n) is 4.92. The second-order valence-corrected chi connectivity index (χ2v) is 3.43. The fourth-order valence-corrected chi connectivity index (χ4v) is 1.58. The van der Waals surface area contributed by atoms with E-state index < -0.39 is 0 Å². The third-order valence-corrected chi connectivity index (χ3v) is 2.42. The summed E-state index contributed by atoms with van der Waals surface area (Å²) < 4.78 is 15.7. The maximum Gasteiger partial charge on any atom is 0.282 e. The molecule has 1 aliphatic heterocycles. The molecular weight excluding hydrogens is 208 g/mol. The van der Waals surface area contributed by atoms with E-state index in [9.17, 15) is 0 Å². The van der Waals surface area contributed by atoms with Crippen LogP contribution in [0.3, 0.4) is 0 Å². The van der Waals surface area contributed by atoms with E-state index >= 15 is 0 Å². The van der Waals surface area contributed by atoms with Crippen LogP contribution in [0.1, 0.15) is 11.7 Å². The Morgan fingerprint density at radius 3 is 2.31 bits per heavy atom. The van der Waals surface area contributed by atoms with Crippen molar-refractivity contribution in [1.82, 2.24) is 0 Å². The first kappa shape index (κ1) is 10.6. The number of hydrogen-bond acceptors (Lipinski definition) is 5. The summed E-state index contributed by atoms with van der Waals surface area (Å²) in [5.41, 5.74) is 6.41. The molecule has 0 radical (unpaired) electrons. The lowest BCUT2D eigenvalue weighted by Crippen LogP contribution is -2.13. The van der Waals surface area contributed by atoms with Gasteiger partial charge in [0.1, 0.15) is 17.6 Å². The molecule has 1 aliphatic rings. The number of nitrogens with two attached hydrogens (primary N) is 1. The highest BCUT2D eigenvalue weighted by Crippen LogP contribution is 2.29. The highest BCUT2D eigenvalue weighted by atomic mass is 16.5. The summed E-state index contributed by atoms with van der Waals surface area (Å²) in [6, 6.07) is 5.82. The number of ether oxygens (including phenoxy) is 3. The van der Waals surface area contributed by atoms with Crippen molar-refractivity contribution >= 4 is 6.02 Å². The quantitative estimate of drug-likeness (QED) is 0.831. The van der Waals surface area contributed by atoms with Gasteiger partial charge in [-0.1, -0.05) is 0 Å². The Kier molecular flexibility index (Phi) is 2.85. The van der Waals surface area contributed by atoms with Gasteiger partial charge in [0.15, 0.2) is 0 Å². The van der Waals surface area contributed by atoms with E-state index in [1.165, 1.54) is 0 Å². The van der Waals surface area contributed by atoms with Crippen LogP contribution in [-0.2, 0) is 4.74 Å². The average molecular weight is 222 g/mol. The van der Waals surface area contributed by atoms with E-state index in [-0.39, 0.29) is 12.1 Å². The van der Waals surface area contributed by atoms with Crippen LogP contribution in [0.5, 0.6) is 11.5 Å². The van der Waals surface area contributed by atoms with Crippen molar-refractivity contribution in [2.75, 3.05) is 20.8 Å². The number of nitrogens with zero attached hydrogens (tertiary/aromatic N) is 1. The molecular formula is C11H14N2O3. The molecule has 0 aromatic heterocycles. The van der Waals surface area contributed by atoms with Crippen LogP contribution in [0.2, 0.25) is 0 Å². The summed E-state index contributed by atoms with van der Waals surface area (Å²) in [6.07, 6.45) is -0.149. The van der Waals surface area contributed by atoms with E-state index in [0.717, 1.165) is 17.1 Å². The maximum absolute atomic E-state index is 5.47. The van der Waals surface area contributed by atoms with E-state index in [2.05, 4.69) is 4.99 Å². The molecule has 0 bridgehead atoms. The Balaban J connectivity index is 2.26.